The number of rotatable bonds is 23. The summed E-state index contributed by atoms with van der Waals surface area (Å²) in [6.07, 6.45) is 1.36. The number of likely N-dealkylation sites (N-methyl/N-ethyl adjacent to an activating group) is 2. The van der Waals surface area contributed by atoms with Gasteiger partial charge in [-0.05, 0) is 80.9 Å². The number of hydrogen-bond donors (Lipinski definition) is 4. The number of carbonyl (C=O) groups excluding carboxylic acids is 5. The maximum atomic E-state index is 14.4. The summed E-state index contributed by atoms with van der Waals surface area (Å²) in [6.45, 7) is 14.4. The van der Waals surface area contributed by atoms with Crippen LogP contribution in [-0.2, 0) is 35.1 Å². The Hall–Kier alpha value is -4.53. The highest BCUT2D eigenvalue weighted by atomic mass is 16.5. The molecule has 2 aromatic carbocycles. The van der Waals surface area contributed by atoms with Crippen LogP contribution >= 0.6 is 0 Å². The van der Waals surface area contributed by atoms with E-state index in [1.807, 2.05) is 90.9 Å². The molecule has 0 bridgehead atoms. The molecular formula is C47H75N7O7. The third-order valence-corrected chi connectivity index (χ3v) is 12.3. The van der Waals surface area contributed by atoms with Gasteiger partial charge in [0.1, 0.15) is 6.04 Å². The number of hydrogen-bond acceptors (Lipinski definition) is 9. The molecule has 5 N–H and O–H groups in total. The molecule has 1 aliphatic rings. The van der Waals surface area contributed by atoms with Crippen molar-refractivity contribution in [3.8, 4) is 0 Å². The van der Waals surface area contributed by atoms with Crippen molar-refractivity contribution in [2.75, 3.05) is 54.2 Å². The lowest BCUT2D eigenvalue weighted by Crippen LogP contribution is -2.59. The highest BCUT2D eigenvalue weighted by molar-refractivity contribution is 5.94. The average Bonchev–Trinajstić information content (AvgIpc) is 3.71. The smallest absolute Gasteiger partial charge is 0.251 e. The van der Waals surface area contributed by atoms with Crippen molar-refractivity contribution in [3.05, 3.63) is 65.7 Å². The van der Waals surface area contributed by atoms with Gasteiger partial charge in [0.2, 0.25) is 23.6 Å². The number of carbonyl (C=O) groups is 5. The van der Waals surface area contributed by atoms with E-state index in [0.29, 0.717) is 30.6 Å². The van der Waals surface area contributed by atoms with Crippen LogP contribution in [0.4, 0.5) is 5.69 Å². The van der Waals surface area contributed by atoms with Gasteiger partial charge in [-0.15, -0.1) is 0 Å². The minimum Gasteiger partial charge on any atom is -0.399 e. The molecular weight excluding hydrogens is 775 g/mol. The van der Waals surface area contributed by atoms with Crippen molar-refractivity contribution in [1.29, 1.82) is 0 Å². The van der Waals surface area contributed by atoms with E-state index in [0.717, 1.165) is 18.4 Å². The van der Waals surface area contributed by atoms with Crippen LogP contribution in [0.2, 0.25) is 0 Å². The Morgan fingerprint density at radius 3 is 2.03 bits per heavy atom. The normalized spacial score (nSPS) is 18.1. The summed E-state index contributed by atoms with van der Waals surface area (Å²) in [6, 6.07) is 14.0. The van der Waals surface area contributed by atoms with Crippen LogP contribution in [0.3, 0.4) is 0 Å². The Morgan fingerprint density at radius 2 is 1.49 bits per heavy atom. The molecule has 1 saturated heterocycles. The summed E-state index contributed by atoms with van der Waals surface area (Å²) in [5.41, 5.74) is 7.83. The molecule has 0 saturated carbocycles. The summed E-state index contributed by atoms with van der Waals surface area (Å²) in [5.74, 6) is -1.95. The number of benzene rings is 2. The Labute approximate surface area is 365 Å². The molecule has 0 aliphatic carbocycles. The fraction of sp³-hybridized carbons (Fsp3) is 0.638. The Morgan fingerprint density at radius 1 is 0.852 bits per heavy atom. The minimum absolute atomic E-state index is 0.0122. The van der Waals surface area contributed by atoms with E-state index in [9.17, 15) is 24.0 Å². The number of methoxy groups -OCH3 is 2. The largest absolute Gasteiger partial charge is 0.399 e. The second-order valence-corrected chi connectivity index (χ2v) is 17.7. The molecule has 9 unspecified atom stereocenters. The van der Waals surface area contributed by atoms with Crippen molar-refractivity contribution in [2.45, 2.75) is 123 Å². The topological polar surface area (TPSA) is 176 Å². The first kappa shape index (κ1) is 50.8. The number of nitrogens with zero attached hydrogens (tertiary/aromatic N) is 3. The zero-order valence-corrected chi connectivity index (χ0v) is 38.8. The van der Waals surface area contributed by atoms with Crippen molar-refractivity contribution in [2.24, 2.45) is 23.7 Å². The fourth-order valence-corrected chi connectivity index (χ4v) is 8.77. The van der Waals surface area contributed by atoms with Crippen molar-refractivity contribution < 1.29 is 33.4 Å². The molecule has 0 aromatic heterocycles. The van der Waals surface area contributed by atoms with Gasteiger partial charge in [-0.25, -0.2) is 0 Å². The number of ether oxygens (including phenoxy) is 2. The Kier molecular flexibility index (Phi) is 20.2. The van der Waals surface area contributed by atoms with Crippen LogP contribution in [0, 0.1) is 23.7 Å². The molecule has 0 radical (unpaired) electrons. The lowest BCUT2D eigenvalue weighted by molar-refractivity contribution is -0.148. The van der Waals surface area contributed by atoms with E-state index < -0.39 is 42.3 Å². The molecule has 1 aliphatic heterocycles. The summed E-state index contributed by atoms with van der Waals surface area (Å²) in [4.78, 5) is 74.6. The zero-order chi connectivity index (χ0) is 45.6. The van der Waals surface area contributed by atoms with Crippen LogP contribution in [0.5, 0.6) is 0 Å². The van der Waals surface area contributed by atoms with Crippen molar-refractivity contribution in [1.82, 2.24) is 30.7 Å². The maximum Gasteiger partial charge on any atom is 0.251 e. The average molecular weight is 850 g/mol. The molecule has 14 nitrogen and oxygen atoms in total. The molecule has 5 amide bonds. The first-order chi connectivity index (χ1) is 28.9. The second-order valence-electron chi connectivity index (χ2n) is 17.7. The molecule has 1 fully saturated rings. The number of anilines is 1. The van der Waals surface area contributed by atoms with Gasteiger partial charge < -0.3 is 41.0 Å². The van der Waals surface area contributed by atoms with Crippen molar-refractivity contribution in [3.63, 3.8) is 0 Å². The van der Waals surface area contributed by atoms with E-state index >= 15 is 0 Å². The summed E-state index contributed by atoms with van der Waals surface area (Å²) >= 11 is 0. The highest BCUT2D eigenvalue weighted by Crippen LogP contribution is 2.30. The Balaban J connectivity index is 1.78. The van der Waals surface area contributed by atoms with E-state index in [1.54, 1.807) is 62.3 Å². The molecule has 61 heavy (non-hydrogen) atoms. The van der Waals surface area contributed by atoms with Gasteiger partial charge in [-0.1, -0.05) is 85.2 Å². The number of nitrogen functional groups attached to an aromatic ring is 1. The van der Waals surface area contributed by atoms with Gasteiger partial charge in [-0.3, -0.25) is 28.9 Å². The van der Waals surface area contributed by atoms with Crippen LogP contribution < -0.4 is 21.7 Å². The molecule has 9 atom stereocenters. The maximum absolute atomic E-state index is 14.4. The summed E-state index contributed by atoms with van der Waals surface area (Å²) < 4.78 is 12.1. The van der Waals surface area contributed by atoms with Crippen LogP contribution in [0.25, 0.3) is 0 Å². The van der Waals surface area contributed by atoms with Crippen LogP contribution in [-0.4, -0.2) is 135 Å². The fourth-order valence-electron chi connectivity index (χ4n) is 8.77. The van der Waals surface area contributed by atoms with E-state index in [-0.39, 0.29) is 66.3 Å². The summed E-state index contributed by atoms with van der Waals surface area (Å²) in [7, 11) is 8.57. The first-order valence-electron chi connectivity index (χ1n) is 21.9. The van der Waals surface area contributed by atoms with Crippen LogP contribution in [0.1, 0.15) is 90.1 Å². The molecule has 0 spiro atoms. The third kappa shape index (κ3) is 14.0. The molecule has 2 aromatic rings. The number of amides is 5. The standard InChI is InChI=1S/C47H75N7O7/c1-13-31(6)42(53(10)47(59)40(29(2)3)51-46(58)41(30(4)5)52(8)9)38(60-11)27-39(55)54-25-17-20-37(54)43(61-12)32(7)44(56)50-36(26-33-18-15-14-16-19-33)28-49-45(57)34-21-23-35(48)24-22-34/h14-16,18-19,21-24,29-32,36-38,40-43H,13,17,20,25-28,48H2,1-12H3,(H,49,57)(H,50,56)(H,51,58). The predicted octanol–water partition coefficient (Wildman–Crippen LogP) is 4.37. The van der Waals surface area contributed by atoms with Gasteiger partial charge in [0.05, 0.1) is 48.7 Å². The third-order valence-electron chi connectivity index (χ3n) is 12.3. The molecule has 14 heteroatoms. The zero-order valence-electron chi connectivity index (χ0n) is 38.8. The Bertz CT molecular complexity index is 1700. The second kappa shape index (κ2) is 24.2. The quantitative estimate of drug-likeness (QED) is 0.118. The van der Waals surface area contributed by atoms with Crippen LogP contribution in [0.15, 0.2) is 54.6 Å². The van der Waals surface area contributed by atoms with E-state index in [1.165, 1.54) is 0 Å². The molecule has 1 heterocycles. The minimum atomic E-state index is -0.774. The highest BCUT2D eigenvalue weighted by Gasteiger charge is 2.43. The lowest BCUT2D eigenvalue weighted by Gasteiger charge is -2.41. The van der Waals surface area contributed by atoms with Gasteiger partial charge in [-0.2, -0.15) is 0 Å². The summed E-state index contributed by atoms with van der Waals surface area (Å²) in [5, 5.41) is 9.17. The van der Waals surface area contributed by atoms with Gasteiger partial charge in [0, 0.05) is 45.6 Å². The van der Waals surface area contributed by atoms with Gasteiger partial charge in [0.25, 0.3) is 5.91 Å². The van der Waals surface area contributed by atoms with Gasteiger partial charge >= 0.3 is 0 Å². The van der Waals surface area contributed by atoms with Gasteiger partial charge in [0.15, 0.2) is 0 Å². The first-order valence-corrected chi connectivity index (χ1v) is 21.9. The predicted molar refractivity (Wildman–Crippen MR) is 240 cm³/mol. The van der Waals surface area contributed by atoms with E-state index in [4.69, 9.17) is 15.2 Å². The van der Waals surface area contributed by atoms with E-state index in [2.05, 4.69) is 16.0 Å². The van der Waals surface area contributed by atoms with Crippen molar-refractivity contribution >= 4 is 35.2 Å². The SMILES string of the molecule is CCC(C)C(C(CC(=O)N1CCCC1C(OC)C(C)C(=O)NC(CNC(=O)c1ccc(N)cc1)Cc1ccccc1)OC)N(C)C(=O)C(NC(=O)C(C(C)C)N(C)C)C(C)C. The number of nitrogens with one attached hydrogen (secondary N) is 3. The number of nitrogens with two attached hydrogens (primary N) is 1. The number of likely N-dealkylation sites (tertiary alicyclic amines) is 1. The monoisotopic (exact) mass is 850 g/mol. The lowest BCUT2D eigenvalue weighted by atomic mass is 9.89. The molecule has 3 rings (SSSR count). The molecule has 340 valence electrons.